The van der Waals surface area contributed by atoms with Gasteiger partial charge in [-0.3, -0.25) is 9.59 Å². The number of carbonyl (C=O) groups is 1. The smallest absolute Gasteiger partial charge is 0.306 e. The number of halogens is 4. The molecule has 0 bridgehead atoms. The van der Waals surface area contributed by atoms with E-state index in [1.54, 1.807) is 29.2 Å². The first-order valence-corrected chi connectivity index (χ1v) is 15.6. The fourth-order valence-electron chi connectivity index (χ4n) is 6.25. The third-order valence-corrected chi connectivity index (χ3v) is 9.00. The molecule has 4 aromatic rings. The highest BCUT2D eigenvalue weighted by molar-refractivity contribution is 6.31. The molecule has 1 amide bonds. The van der Waals surface area contributed by atoms with Crippen molar-refractivity contribution in [3.8, 4) is 0 Å². The number of H-pyrrole nitrogens is 1. The van der Waals surface area contributed by atoms with E-state index in [0.29, 0.717) is 76.1 Å². The van der Waals surface area contributed by atoms with Crippen molar-refractivity contribution in [3.05, 3.63) is 62.2 Å². The molecule has 13 heteroatoms. The summed E-state index contributed by atoms with van der Waals surface area (Å²) in [5.74, 6) is -3.70. The van der Waals surface area contributed by atoms with Crippen molar-refractivity contribution in [1.29, 1.82) is 0 Å². The van der Waals surface area contributed by atoms with Crippen LogP contribution in [0.25, 0.3) is 22.1 Å². The van der Waals surface area contributed by atoms with Crippen LogP contribution in [0.1, 0.15) is 56.3 Å². The number of likely N-dealkylation sites (tertiary alicyclic amines) is 1. The van der Waals surface area contributed by atoms with Gasteiger partial charge in [0.2, 0.25) is 11.7 Å². The van der Waals surface area contributed by atoms with E-state index in [-0.39, 0.29) is 42.9 Å². The molecule has 44 heavy (non-hydrogen) atoms. The zero-order valence-corrected chi connectivity index (χ0v) is 25.8. The predicted octanol–water partition coefficient (Wildman–Crippen LogP) is 6.51. The highest BCUT2D eigenvalue weighted by Gasteiger charge is 2.37. The Morgan fingerprint density at radius 1 is 1.16 bits per heavy atom. The number of pyridine rings is 1. The second-order valence-electron chi connectivity index (χ2n) is 11.7. The Morgan fingerprint density at radius 3 is 2.73 bits per heavy atom. The van der Waals surface area contributed by atoms with Gasteiger partial charge in [0.15, 0.2) is 11.4 Å². The number of anilines is 1. The number of furan rings is 1. The van der Waals surface area contributed by atoms with Gasteiger partial charge in [0, 0.05) is 67.4 Å². The molecule has 2 saturated heterocycles. The maximum absolute atomic E-state index is 15.5. The lowest BCUT2D eigenvalue weighted by Gasteiger charge is -2.36. The number of piperidine rings is 1. The number of aromatic nitrogens is 3. The van der Waals surface area contributed by atoms with Crippen molar-refractivity contribution in [1.82, 2.24) is 19.9 Å². The van der Waals surface area contributed by atoms with Crippen LogP contribution in [-0.2, 0) is 15.5 Å². The van der Waals surface area contributed by atoms with Crippen molar-refractivity contribution in [3.63, 3.8) is 0 Å². The maximum Gasteiger partial charge on any atom is 0.306 e. The standard InChI is InChI=1S/C31H33Cl2F2N5O4/c1-18-16-40(11-7-21(18)23-13-20(33)15-36-29(23)42)25(41)17-43-12-4-8-31(34,35)30-37-26-22-6-5-19(32)14-24(22)44-27(26)28(38-30)39-9-2-3-10-39/h5-6,13-15,18,21H,2-4,7-12,16-17H2,1H3,(H,36,42). The molecule has 0 aliphatic carbocycles. The molecule has 2 aliphatic heterocycles. The number of alkyl halides is 2. The zero-order chi connectivity index (χ0) is 31.0. The van der Waals surface area contributed by atoms with Crippen LogP contribution in [0.5, 0.6) is 0 Å². The van der Waals surface area contributed by atoms with Crippen LogP contribution < -0.4 is 10.5 Å². The molecule has 1 aromatic carbocycles. The lowest BCUT2D eigenvalue weighted by molar-refractivity contribution is -0.138. The van der Waals surface area contributed by atoms with Crippen LogP contribution in [0.15, 0.2) is 39.7 Å². The zero-order valence-electron chi connectivity index (χ0n) is 24.3. The summed E-state index contributed by atoms with van der Waals surface area (Å²) < 4.78 is 42.5. The van der Waals surface area contributed by atoms with E-state index >= 15 is 8.78 Å². The van der Waals surface area contributed by atoms with E-state index in [9.17, 15) is 9.59 Å². The first kappa shape index (κ1) is 30.7. The minimum atomic E-state index is -3.32. The van der Waals surface area contributed by atoms with E-state index < -0.39 is 18.2 Å². The monoisotopic (exact) mass is 647 g/mol. The minimum absolute atomic E-state index is 0.0124. The lowest BCUT2D eigenvalue weighted by atomic mass is 9.82. The Bertz CT molecular complexity index is 1740. The van der Waals surface area contributed by atoms with Gasteiger partial charge >= 0.3 is 5.92 Å². The fourth-order valence-corrected chi connectivity index (χ4v) is 6.58. The molecule has 5 heterocycles. The molecule has 1 N–H and O–H groups in total. The Balaban J connectivity index is 1.06. The average Bonchev–Trinajstić information content (AvgIpc) is 3.66. The number of hydrogen-bond acceptors (Lipinski definition) is 7. The van der Waals surface area contributed by atoms with Crippen LogP contribution in [0.3, 0.4) is 0 Å². The molecule has 0 radical (unpaired) electrons. The van der Waals surface area contributed by atoms with Gasteiger partial charge in [-0.25, -0.2) is 9.97 Å². The van der Waals surface area contributed by atoms with Gasteiger partial charge in [-0.1, -0.05) is 30.1 Å². The topological polar surface area (TPSA) is 105 Å². The molecule has 2 fully saturated rings. The largest absolute Gasteiger partial charge is 0.450 e. The lowest BCUT2D eigenvalue weighted by Crippen LogP contribution is -2.44. The molecule has 234 valence electrons. The van der Waals surface area contributed by atoms with Crippen molar-refractivity contribution in [2.24, 2.45) is 5.92 Å². The molecule has 9 nitrogen and oxygen atoms in total. The number of aromatic amines is 1. The number of rotatable bonds is 9. The van der Waals surface area contributed by atoms with Crippen LogP contribution in [-0.4, -0.2) is 65.2 Å². The fraction of sp³-hybridized carbons (Fsp3) is 0.484. The van der Waals surface area contributed by atoms with Gasteiger partial charge in [0.1, 0.15) is 17.7 Å². The number of nitrogens with one attached hydrogen (secondary N) is 1. The van der Waals surface area contributed by atoms with Crippen molar-refractivity contribution >= 4 is 57.0 Å². The summed E-state index contributed by atoms with van der Waals surface area (Å²) in [6.07, 6.45) is 3.43. The van der Waals surface area contributed by atoms with E-state index in [0.717, 1.165) is 12.8 Å². The summed E-state index contributed by atoms with van der Waals surface area (Å²) in [5, 5.41) is 1.54. The number of benzene rings is 1. The third-order valence-electron chi connectivity index (χ3n) is 8.55. The van der Waals surface area contributed by atoms with Gasteiger partial charge in [-0.05, 0) is 55.7 Å². The van der Waals surface area contributed by atoms with Crippen molar-refractivity contribution < 1.29 is 22.7 Å². The number of fused-ring (bicyclic) bond motifs is 3. The molecule has 0 saturated carbocycles. The number of hydrogen-bond donors (Lipinski definition) is 1. The summed E-state index contributed by atoms with van der Waals surface area (Å²) in [6, 6.07) is 6.72. The predicted molar refractivity (Wildman–Crippen MR) is 165 cm³/mol. The van der Waals surface area contributed by atoms with E-state index in [1.165, 1.54) is 6.20 Å². The van der Waals surface area contributed by atoms with E-state index in [1.807, 2.05) is 11.8 Å². The van der Waals surface area contributed by atoms with Crippen LogP contribution >= 0.6 is 23.2 Å². The van der Waals surface area contributed by atoms with Crippen molar-refractivity contribution in [2.45, 2.75) is 50.9 Å². The molecule has 2 atom stereocenters. The van der Waals surface area contributed by atoms with Gasteiger partial charge in [-0.15, -0.1) is 0 Å². The van der Waals surface area contributed by atoms with Crippen molar-refractivity contribution in [2.75, 3.05) is 44.3 Å². The molecule has 2 unspecified atom stereocenters. The SMILES string of the molecule is CC1CN(C(=O)COCCCC(F)(F)c2nc(N3CCCC3)c3oc4cc(Cl)ccc4c3n2)CCC1c1cc(Cl)c[nH]c1=O. The average molecular weight is 649 g/mol. The highest BCUT2D eigenvalue weighted by Crippen LogP contribution is 2.39. The van der Waals surface area contributed by atoms with E-state index in [4.69, 9.17) is 32.4 Å². The second-order valence-corrected chi connectivity index (χ2v) is 12.5. The number of nitrogens with zero attached hydrogens (tertiary/aromatic N) is 4. The number of amides is 1. The summed E-state index contributed by atoms with van der Waals surface area (Å²) >= 11 is 12.2. The first-order chi connectivity index (χ1) is 21.1. The highest BCUT2D eigenvalue weighted by atomic mass is 35.5. The molecular weight excluding hydrogens is 615 g/mol. The minimum Gasteiger partial charge on any atom is -0.450 e. The summed E-state index contributed by atoms with van der Waals surface area (Å²) in [4.78, 5) is 40.0. The second kappa shape index (κ2) is 12.6. The molecule has 3 aromatic heterocycles. The van der Waals surface area contributed by atoms with E-state index in [2.05, 4.69) is 15.0 Å². The maximum atomic E-state index is 15.5. The number of ether oxygens (including phenoxy) is 1. The Kier molecular flexibility index (Phi) is 8.81. The van der Waals surface area contributed by atoms with Gasteiger partial charge in [-0.2, -0.15) is 8.78 Å². The first-order valence-electron chi connectivity index (χ1n) is 14.9. The Labute approximate surface area is 262 Å². The molecule has 0 spiro atoms. The molecule has 6 rings (SSSR count). The Hall–Kier alpha value is -3.28. The normalized spacial score (nSPS) is 19.4. The van der Waals surface area contributed by atoms with Gasteiger partial charge in [0.25, 0.3) is 5.56 Å². The Morgan fingerprint density at radius 2 is 1.95 bits per heavy atom. The molecule has 2 aliphatic rings. The molecular formula is C31H33Cl2F2N5O4. The van der Waals surface area contributed by atoms with Crippen LogP contribution in [0.2, 0.25) is 10.0 Å². The number of carbonyl (C=O) groups excluding carboxylic acids is 1. The third kappa shape index (κ3) is 6.27. The summed E-state index contributed by atoms with van der Waals surface area (Å²) in [6.45, 7) is 4.10. The van der Waals surface area contributed by atoms with Gasteiger partial charge < -0.3 is 23.9 Å². The quantitative estimate of drug-likeness (QED) is 0.206. The van der Waals surface area contributed by atoms with Crippen LogP contribution in [0, 0.1) is 5.92 Å². The summed E-state index contributed by atoms with van der Waals surface area (Å²) in [7, 11) is 0. The summed E-state index contributed by atoms with van der Waals surface area (Å²) in [5.41, 5.74) is 1.63. The van der Waals surface area contributed by atoms with Gasteiger partial charge in [0.05, 0.1) is 5.02 Å². The van der Waals surface area contributed by atoms with Crippen LogP contribution in [0.4, 0.5) is 14.6 Å².